The molecule has 0 fully saturated rings. The Hall–Kier alpha value is -1.14. The number of carbonyl (C=O) groups is 2. The number of ether oxygens (including phenoxy) is 1. The number of hydrogen-bond donors (Lipinski definition) is 3. The van der Waals surface area contributed by atoms with Gasteiger partial charge < -0.3 is 20.5 Å². The van der Waals surface area contributed by atoms with E-state index in [-0.39, 0.29) is 18.5 Å². The van der Waals surface area contributed by atoms with Gasteiger partial charge in [0.15, 0.2) is 0 Å². The van der Waals surface area contributed by atoms with E-state index in [2.05, 4.69) is 10.6 Å². The number of carboxylic acids is 1. The van der Waals surface area contributed by atoms with Gasteiger partial charge in [-0.05, 0) is 6.42 Å². The van der Waals surface area contributed by atoms with E-state index < -0.39 is 12.0 Å². The summed E-state index contributed by atoms with van der Waals surface area (Å²) in [5.74, 6) is -1.40. The van der Waals surface area contributed by atoms with Crippen LogP contribution in [0.5, 0.6) is 0 Å². The molecule has 0 saturated heterocycles. The summed E-state index contributed by atoms with van der Waals surface area (Å²) in [7, 11) is 1.59. The molecule has 2 unspecified atom stereocenters. The van der Waals surface area contributed by atoms with Gasteiger partial charge in [-0.1, -0.05) is 6.92 Å². The van der Waals surface area contributed by atoms with Crippen LogP contribution in [-0.2, 0) is 14.3 Å². The largest absolute Gasteiger partial charge is 0.480 e. The molecule has 0 aromatic heterocycles. The molecule has 0 bridgehead atoms. The first-order valence-corrected chi connectivity index (χ1v) is 5.23. The molecular weight excluding hydrogens is 212 g/mol. The minimum Gasteiger partial charge on any atom is -0.480 e. The standard InChI is InChI=1S/C10H20N2O4/c1-4-8(6-16-3)11-5-9(10(14)15)12-7(2)13/h8-9,11H,4-6H2,1-3H3,(H,12,13)(H,14,15). The first-order chi connectivity index (χ1) is 7.51. The number of hydrogen-bond acceptors (Lipinski definition) is 4. The van der Waals surface area contributed by atoms with Crippen LogP contribution in [0, 0.1) is 0 Å². The first kappa shape index (κ1) is 14.9. The second-order valence-corrected chi connectivity index (χ2v) is 3.56. The lowest BCUT2D eigenvalue weighted by molar-refractivity contribution is -0.141. The van der Waals surface area contributed by atoms with Crippen LogP contribution in [-0.4, -0.2) is 49.3 Å². The average Bonchev–Trinajstić information content (AvgIpc) is 2.21. The summed E-state index contributed by atoms with van der Waals surface area (Å²) in [4.78, 5) is 21.6. The zero-order chi connectivity index (χ0) is 12.6. The molecule has 6 nitrogen and oxygen atoms in total. The van der Waals surface area contributed by atoms with Gasteiger partial charge in [-0.3, -0.25) is 4.79 Å². The highest BCUT2D eigenvalue weighted by atomic mass is 16.5. The summed E-state index contributed by atoms with van der Waals surface area (Å²) < 4.78 is 4.97. The van der Waals surface area contributed by atoms with E-state index >= 15 is 0 Å². The number of methoxy groups -OCH3 is 1. The van der Waals surface area contributed by atoms with Gasteiger partial charge in [-0.25, -0.2) is 4.79 Å². The molecule has 0 spiro atoms. The normalized spacial score (nSPS) is 14.2. The van der Waals surface area contributed by atoms with Crippen molar-refractivity contribution in [2.75, 3.05) is 20.3 Å². The van der Waals surface area contributed by atoms with E-state index in [0.717, 1.165) is 6.42 Å². The fraction of sp³-hybridized carbons (Fsp3) is 0.800. The highest BCUT2D eigenvalue weighted by Crippen LogP contribution is 1.92. The minimum atomic E-state index is -1.05. The van der Waals surface area contributed by atoms with Gasteiger partial charge in [0, 0.05) is 26.6 Å². The van der Waals surface area contributed by atoms with E-state index in [4.69, 9.17) is 9.84 Å². The number of rotatable bonds is 8. The van der Waals surface area contributed by atoms with E-state index in [1.807, 2.05) is 6.92 Å². The van der Waals surface area contributed by atoms with Gasteiger partial charge in [0.2, 0.25) is 5.91 Å². The maximum Gasteiger partial charge on any atom is 0.327 e. The molecule has 6 heteroatoms. The van der Waals surface area contributed by atoms with Gasteiger partial charge in [0.25, 0.3) is 0 Å². The summed E-state index contributed by atoms with van der Waals surface area (Å²) in [6.07, 6.45) is 0.834. The van der Waals surface area contributed by atoms with Gasteiger partial charge in [0.05, 0.1) is 6.61 Å². The second-order valence-electron chi connectivity index (χ2n) is 3.56. The summed E-state index contributed by atoms with van der Waals surface area (Å²) in [5.41, 5.74) is 0. The van der Waals surface area contributed by atoms with E-state index in [9.17, 15) is 9.59 Å². The molecule has 2 atom stereocenters. The predicted octanol–water partition coefficient (Wildman–Crippen LogP) is -0.410. The van der Waals surface area contributed by atoms with Crippen LogP contribution in [0.2, 0.25) is 0 Å². The van der Waals surface area contributed by atoms with Crippen molar-refractivity contribution < 1.29 is 19.4 Å². The molecule has 0 aliphatic heterocycles. The smallest absolute Gasteiger partial charge is 0.327 e. The maximum absolute atomic E-state index is 10.8. The SMILES string of the molecule is CCC(COC)NCC(NC(C)=O)C(=O)O. The zero-order valence-electron chi connectivity index (χ0n) is 9.95. The lowest BCUT2D eigenvalue weighted by Crippen LogP contribution is -2.49. The van der Waals surface area contributed by atoms with Crippen molar-refractivity contribution in [1.82, 2.24) is 10.6 Å². The van der Waals surface area contributed by atoms with Crippen LogP contribution >= 0.6 is 0 Å². The molecule has 0 saturated carbocycles. The molecule has 16 heavy (non-hydrogen) atoms. The molecule has 0 rings (SSSR count). The second kappa shape index (κ2) is 8.06. The summed E-state index contributed by atoms with van der Waals surface area (Å²) >= 11 is 0. The topological polar surface area (TPSA) is 87.7 Å². The van der Waals surface area contributed by atoms with E-state index in [1.165, 1.54) is 6.92 Å². The van der Waals surface area contributed by atoms with Crippen molar-refractivity contribution in [2.24, 2.45) is 0 Å². The molecule has 94 valence electrons. The van der Waals surface area contributed by atoms with Crippen molar-refractivity contribution in [3.05, 3.63) is 0 Å². The predicted molar refractivity (Wildman–Crippen MR) is 59.2 cm³/mol. The van der Waals surface area contributed by atoms with Crippen LogP contribution in [0.1, 0.15) is 20.3 Å². The van der Waals surface area contributed by atoms with Crippen LogP contribution in [0.4, 0.5) is 0 Å². The molecular formula is C10H20N2O4. The molecule has 0 aliphatic rings. The average molecular weight is 232 g/mol. The monoisotopic (exact) mass is 232 g/mol. The van der Waals surface area contributed by atoms with Gasteiger partial charge in [-0.15, -0.1) is 0 Å². The Balaban J connectivity index is 4.09. The Bertz CT molecular complexity index is 233. The Labute approximate surface area is 95.4 Å². The van der Waals surface area contributed by atoms with Crippen molar-refractivity contribution in [3.8, 4) is 0 Å². The number of aliphatic carboxylic acids is 1. The van der Waals surface area contributed by atoms with E-state index in [1.54, 1.807) is 7.11 Å². The van der Waals surface area contributed by atoms with Gasteiger partial charge in [-0.2, -0.15) is 0 Å². The number of carboxylic acid groups (broad SMARTS) is 1. The quantitative estimate of drug-likeness (QED) is 0.529. The summed E-state index contributed by atoms with van der Waals surface area (Å²) in [5, 5.41) is 14.2. The van der Waals surface area contributed by atoms with Gasteiger partial charge in [0.1, 0.15) is 6.04 Å². The van der Waals surface area contributed by atoms with Crippen LogP contribution in [0.25, 0.3) is 0 Å². The number of amides is 1. The van der Waals surface area contributed by atoms with Crippen molar-refractivity contribution in [3.63, 3.8) is 0 Å². The van der Waals surface area contributed by atoms with Crippen LogP contribution < -0.4 is 10.6 Å². The van der Waals surface area contributed by atoms with Gasteiger partial charge >= 0.3 is 5.97 Å². The molecule has 1 amide bonds. The zero-order valence-corrected chi connectivity index (χ0v) is 9.95. The summed E-state index contributed by atoms with van der Waals surface area (Å²) in [6, 6.07) is -0.802. The third-order valence-electron chi connectivity index (χ3n) is 2.15. The third kappa shape index (κ3) is 6.36. The molecule has 3 N–H and O–H groups in total. The Morgan fingerprint density at radius 1 is 1.44 bits per heavy atom. The lowest BCUT2D eigenvalue weighted by Gasteiger charge is -2.19. The molecule has 0 radical (unpaired) electrons. The van der Waals surface area contributed by atoms with Crippen molar-refractivity contribution >= 4 is 11.9 Å². The van der Waals surface area contributed by atoms with Crippen molar-refractivity contribution in [1.29, 1.82) is 0 Å². The highest BCUT2D eigenvalue weighted by molar-refractivity contribution is 5.82. The molecule has 0 aromatic rings. The molecule has 0 aromatic carbocycles. The third-order valence-corrected chi connectivity index (χ3v) is 2.15. The molecule has 0 heterocycles. The fourth-order valence-corrected chi connectivity index (χ4v) is 1.25. The number of nitrogens with one attached hydrogen (secondary N) is 2. The van der Waals surface area contributed by atoms with Crippen LogP contribution in [0.15, 0.2) is 0 Å². The van der Waals surface area contributed by atoms with E-state index in [0.29, 0.717) is 6.61 Å². The van der Waals surface area contributed by atoms with Crippen LogP contribution in [0.3, 0.4) is 0 Å². The Morgan fingerprint density at radius 3 is 2.44 bits per heavy atom. The minimum absolute atomic E-state index is 0.0978. The fourth-order valence-electron chi connectivity index (χ4n) is 1.25. The lowest BCUT2D eigenvalue weighted by atomic mass is 10.2. The maximum atomic E-state index is 10.8. The highest BCUT2D eigenvalue weighted by Gasteiger charge is 2.19. The number of carbonyl (C=O) groups excluding carboxylic acids is 1. The first-order valence-electron chi connectivity index (χ1n) is 5.23. The molecule has 0 aliphatic carbocycles. The Kier molecular flexibility index (Phi) is 7.49. The Morgan fingerprint density at radius 2 is 2.06 bits per heavy atom. The van der Waals surface area contributed by atoms with Crippen molar-refractivity contribution in [2.45, 2.75) is 32.4 Å². The summed E-state index contributed by atoms with van der Waals surface area (Å²) in [6.45, 7) is 3.98.